The van der Waals surface area contributed by atoms with E-state index < -0.39 is 5.60 Å². The van der Waals surface area contributed by atoms with E-state index in [1.807, 2.05) is 44.2 Å². The summed E-state index contributed by atoms with van der Waals surface area (Å²) < 4.78 is 0. The first kappa shape index (κ1) is 16.5. The first-order chi connectivity index (χ1) is 9.37. The number of hydrogen-bond acceptors (Lipinski definition) is 2. The van der Waals surface area contributed by atoms with Crippen LogP contribution in [0.15, 0.2) is 30.3 Å². The molecule has 0 atom stereocenters. The average molecular weight is 278 g/mol. The van der Waals surface area contributed by atoms with Gasteiger partial charge in [0.05, 0.1) is 12.1 Å². The molecular formula is C16H26N2O2. The fourth-order valence-electron chi connectivity index (χ4n) is 2.16. The molecule has 0 saturated heterocycles. The van der Waals surface area contributed by atoms with Crippen LogP contribution in [-0.2, 0) is 6.54 Å². The molecule has 0 saturated carbocycles. The van der Waals surface area contributed by atoms with Crippen LogP contribution < -0.4 is 0 Å². The van der Waals surface area contributed by atoms with Gasteiger partial charge in [0.15, 0.2) is 0 Å². The number of nitrogens with zero attached hydrogens (tertiary/aromatic N) is 2. The molecule has 4 nitrogen and oxygen atoms in total. The number of hydrogen-bond donors (Lipinski definition) is 1. The van der Waals surface area contributed by atoms with Gasteiger partial charge >= 0.3 is 6.03 Å². The van der Waals surface area contributed by atoms with Crippen molar-refractivity contribution in [3.05, 3.63) is 35.9 Å². The minimum Gasteiger partial charge on any atom is -0.389 e. The number of carbonyl (C=O) groups excluding carboxylic acids is 1. The zero-order valence-corrected chi connectivity index (χ0v) is 13.0. The van der Waals surface area contributed by atoms with Gasteiger partial charge in [-0.05, 0) is 33.3 Å². The molecular weight excluding hydrogens is 252 g/mol. The summed E-state index contributed by atoms with van der Waals surface area (Å²) in [7, 11) is 0. The second-order valence-corrected chi connectivity index (χ2v) is 5.61. The summed E-state index contributed by atoms with van der Waals surface area (Å²) in [5, 5.41) is 10.0. The molecule has 4 heteroatoms. The van der Waals surface area contributed by atoms with Crippen LogP contribution in [-0.4, -0.2) is 46.2 Å². The van der Waals surface area contributed by atoms with Crippen LogP contribution in [0, 0.1) is 0 Å². The minimum absolute atomic E-state index is 0.0269. The summed E-state index contributed by atoms with van der Waals surface area (Å²) in [6.07, 6.45) is 0. The van der Waals surface area contributed by atoms with Crippen molar-refractivity contribution in [2.75, 3.05) is 19.6 Å². The van der Waals surface area contributed by atoms with Crippen molar-refractivity contribution in [2.45, 2.75) is 39.8 Å². The Labute approximate surface area is 122 Å². The number of urea groups is 1. The quantitative estimate of drug-likeness (QED) is 0.869. The van der Waals surface area contributed by atoms with E-state index in [-0.39, 0.29) is 6.03 Å². The van der Waals surface area contributed by atoms with Crippen LogP contribution in [0.5, 0.6) is 0 Å². The number of rotatable bonds is 6. The Morgan fingerprint density at radius 2 is 1.65 bits per heavy atom. The Bertz CT molecular complexity index is 408. The molecule has 20 heavy (non-hydrogen) atoms. The number of amides is 2. The van der Waals surface area contributed by atoms with E-state index in [1.165, 1.54) is 0 Å². The molecule has 1 aromatic carbocycles. The predicted molar refractivity (Wildman–Crippen MR) is 81.5 cm³/mol. The highest BCUT2D eigenvalue weighted by Crippen LogP contribution is 2.12. The molecule has 0 radical (unpaired) electrons. The van der Waals surface area contributed by atoms with Crippen LogP contribution in [0.1, 0.15) is 33.3 Å². The maximum absolute atomic E-state index is 12.5. The molecule has 0 spiro atoms. The van der Waals surface area contributed by atoms with Crippen LogP contribution in [0.25, 0.3) is 0 Å². The lowest BCUT2D eigenvalue weighted by Gasteiger charge is -2.33. The van der Waals surface area contributed by atoms with Crippen LogP contribution in [0.2, 0.25) is 0 Å². The third-order valence-electron chi connectivity index (χ3n) is 3.10. The fourth-order valence-corrected chi connectivity index (χ4v) is 2.16. The summed E-state index contributed by atoms with van der Waals surface area (Å²) in [4.78, 5) is 16.0. The molecule has 0 aliphatic heterocycles. The first-order valence-electron chi connectivity index (χ1n) is 7.17. The maximum atomic E-state index is 12.5. The number of carbonyl (C=O) groups is 1. The lowest BCUT2D eigenvalue weighted by atomic mass is 10.1. The number of aliphatic hydroxyl groups is 1. The van der Waals surface area contributed by atoms with E-state index in [0.717, 1.165) is 5.56 Å². The largest absolute Gasteiger partial charge is 0.389 e. The van der Waals surface area contributed by atoms with E-state index in [9.17, 15) is 9.90 Å². The number of benzene rings is 1. The molecule has 0 unspecified atom stereocenters. The lowest BCUT2D eigenvalue weighted by Crippen LogP contribution is -2.48. The monoisotopic (exact) mass is 278 g/mol. The SMILES string of the molecule is CCN(CC)C(=O)N(Cc1ccccc1)CC(C)(C)O. The van der Waals surface area contributed by atoms with Gasteiger partial charge in [0.25, 0.3) is 0 Å². The standard InChI is InChI=1S/C16H26N2O2/c1-5-17(6-2)15(19)18(13-16(3,4)20)12-14-10-8-7-9-11-14/h7-11,20H,5-6,12-13H2,1-4H3. The van der Waals surface area contributed by atoms with Gasteiger partial charge < -0.3 is 14.9 Å². The molecule has 0 aromatic heterocycles. The molecule has 0 aliphatic rings. The first-order valence-corrected chi connectivity index (χ1v) is 7.17. The molecule has 2 amide bonds. The highest BCUT2D eigenvalue weighted by molar-refractivity contribution is 5.74. The van der Waals surface area contributed by atoms with Gasteiger partial charge in [-0.1, -0.05) is 30.3 Å². The van der Waals surface area contributed by atoms with Crippen molar-refractivity contribution < 1.29 is 9.90 Å². The summed E-state index contributed by atoms with van der Waals surface area (Å²) in [6.45, 7) is 9.55. The summed E-state index contributed by atoms with van der Waals surface area (Å²) in [5.41, 5.74) is 0.162. The van der Waals surface area contributed by atoms with Crippen LogP contribution in [0.3, 0.4) is 0 Å². The molecule has 0 bridgehead atoms. The molecule has 0 fully saturated rings. The second-order valence-electron chi connectivity index (χ2n) is 5.61. The van der Waals surface area contributed by atoms with Crippen molar-refractivity contribution in [1.82, 2.24) is 9.80 Å². The summed E-state index contributed by atoms with van der Waals surface area (Å²) in [5.74, 6) is 0. The summed E-state index contributed by atoms with van der Waals surface area (Å²) in [6, 6.07) is 9.83. The Balaban J connectivity index is 2.87. The van der Waals surface area contributed by atoms with Crippen LogP contribution >= 0.6 is 0 Å². The Hall–Kier alpha value is -1.55. The lowest BCUT2D eigenvalue weighted by molar-refractivity contribution is 0.0383. The zero-order chi connectivity index (χ0) is 15.2. The average Bonchev–Trinajstić information content (AvgIpc) is 2.39. The molecule has 1 N–H and O–H groups in total. The molecule has 0 heterocycles. The van der Waals surface area contributed by atoms with Crippen molar-refractivity contribution >= 4 is 6.03 Å². The minimum atomic E-state index is -0.905. The second kappa shape index (κ2) is 7.29. The van der Waals surface area contributed by atoms with Crippen LogP contribution in [0.4, 0.5) is 4.79 Å². The smallest absolute Gasteiger partial charge is 0.320 e. The third kappa shape index (κ3) is 5.21. The maximum Gasteiger partial charge on any atom is 0.320 e. The van der Waals surface area contributed by atoms with Crippen molar-refractivity contribution in [2.24, 2.45) is 0 Å². The van der Waals surface area contributed by atoms with Gasteiger partial charge in [0.1, 0.15) is 0 Å². The predicted octanol–water partition coefficient (Wildman–Crippen LogP) is 2.72. The third-order valence-corrected chi connectivity index (χ3v) is 3.10. The topological polar surface area (TPSA) is 43.8 Å². The van der Waals surface area contributed by atoms with Crippen molar-refractivity contribution in [3.8, 4) is 0 Å². The van der Waals surface area contributed by atoms with Crippen molar-refractivity contribution in [1.29, 1.82) is 0 Å². The van der Waals surface area contributed by atoms with Gasteiger partial charge in [-0.3, -0.25) is 0 Å². The van der Waals surface area contributed by atoms with Gasteiger partial charge in [0, 0.05) is 19.6 Å². The van der Waals surface area contributed by atoms with Gasteiger partial charge in [-0.25, -0.2) is 4.79 Å². The van der Waals surface area contributed by atoms with Gasteiger partial charge in [-0.15, -0.1) is 0 Å². The van der Waals surface area contributed by atoms with E-state index in [4.69, 9.17) is 0 Å². The fraction of sp³-hybridized carbons (Fsp3) is 0.562. The van der Waals surface area contributed by atoms with E-state index >= 15 is 0 Å². The molecule has 0 aliphatic carbocycles. The molecule has 112 valence electrons. The van der Waals surface area contributed by atoms with E-state index in [2.05, 4.69) is 0 Å². The zero-order valence-electron chi connectivity index (χ0n) is 13.0. The van der Waals surface area contributed by atoms with E-state index in [1.54, 1.807) is 23.6 Å². The van der Waals surface area contributed by atoms with Gasteiger partial charge in [0.2, 0.25) is 0 Å². The Morgan fingerprint density at radius 1 is 1.10 bits per heavy atom. The molecule has 1 aromatic rings. The normalized spacial score (nSPS) is 11.2. The highest BCUT2D eigenvalue weighted by atomic mass is 16.3. The van der Waals surface area contributed by atoms with Crippen molar-refractivity contribution in [3.63, 3.8) is 0 Å². The van der Waals surface area contributed by atoms with Gasteiger partial charge in [-0.2, -0.15) is 0 Å². The Kier molecular flexibility index (Phi) is 6.02. The molecule has 1 rings (SSSR count). The highest BCUT2D eigenvalue weighted by Gasteiger charge is 2.25. The van der Waals surface area contributed by atoms with E-state index in [0.29, 0.717) is 26.2 Å². The Morgan fingerprint density at radius 3 is 2.10 bits per heavy atom. The summed E-state index contributed by atoms with van der Waals surface area (Å²) >= 11 is 0.